The molecule has 2 atom stereocenters. The average molecular weight is 214 g/mol. The molecule has 0 spiro atoms. The molecule has 1 saturated heterocycles. The standard InChI is InChI=1S/C9H10O6/c1-3-6(10)15-7-5(8(11)13-2)4-14-9(7)12/h3,5,7H,1,4H2,2H3. The second kappa shape index (κ2) is 4.59. The van der Waals surface area contributed by atoms with Crippen LogP contribution in [0.4, 0.5) is 0 Å². The van der Waals surface area contributed by atoms with Gasteiger partial charge in [-0.05, 0) is 0 Å². The van der Waals surface area contributed by atoms with E-state index in [0.717, 1.165) is 6.08 Å². The van der Waals surface area contributed by atoms with Crippen LogP contribution in [-0.4, -0.2) is 37.7 Å². The Morgan fingerprint density at radius 2 is 2.27 bits per heavy atom. The van der Waals surface area contributed by atoms with Gasteiger partial charge >= 0.3 is 17.9 Å². The summed E-state index contributed by atoms with van der Waals surface area (Å²) in [6.07, 6.45) is -0.331. The number of esters is 3. The van der Waals surface area contributed by atoms with Gasteiger partial charge in [0.1, 0.15) is 12.5 Å². The van der Waals surface area contributed by atoms with Crippen molar-refractivity contribution in [3.63, 3.8) is 0 Å². The first-order chi connectivity index (χ1) is 7.10. The van der Waals surface area contributed by atoms with Crippen molar-refractivity contribution in [3.05, 3.63) is 12.7 Å². The van der Waals surface area contributed by atoms with E-state index in [2.05, 4.69) is 20.8 Å². The molecule has 1 aliphatic rings. The maximum Gasteiger partial charge on any atom is 0.348 e. The van der Waals surface area contributed by atoms with Crippen molar-refractivity contribution in [2.45, 2.75) is 6.10 Å². The number of ether oxygens (including phenoxy) is 3. The zero-order chi connectivity index (χ0) is 11.4. The van der Waals surface area contributed by atoms with Gasteiger partial charge in [0.15, 0.2) is 0 Å². The number of hydrogen-bond acceptors (Lipinski definition) is 6. The first-order valence-corrected chi connectivity index (χ1v) is 4.17. The summed E-state index contributed by atoms with van der Waals surface area (Å²) < 4.78 is 13.7. The summed E-state index contributed by atoms with van der Waals surface area (Å²) in [4.78, 5) is 33.2. The number of carbonyl (C=O) groups excluding carboxylic acids is 3. The number of carbonyl (C=O) groups is 3. The minimum absolute atomic E-state index is 0.138. The van der Waals surface area contributed by atoms with Gasteiger partial charge in [-0.2, -0.15) is 0 Å². The summed E-state index contributed by atoms with van der Waals surface area (Å²) in [6.45, 7) is 3.04. The van der Waals surface area contributed by atoms with Crippen LogP contribution in [0.15, 0.2) is 12.7 Å². The highest BCUT2D eigenvalue weighted by atomic mass is 16.6. The Kier molecular flexibility index (Phi) is 3.43. The second-order valence-electron chi connectivity index (χ2n) is 2.82. The Hall–Kier alpha value is -1.85. The van der Waals surface area contributed by atoms with E-state index in [1.807, 2.05) is 0 Å². The van der Waals surface area contributed by atoms with Crippen molar-refractivity contribution in [2.75, 3.05) is 13.7 Å². The van der Waals surface area contributed by atoms with Crippen LogP contribution in [0.5, 0.6) is 0 Å². The minimum Gasteiger partial charge on any atom is -0.469 e. The van der Waals surface area contributed by atoms with Gasteiger partial charge in [-0.25, -0.2) is 9.59 Å². The van der Waals surface area contributed by atoms with Crippen LogP contribution in [0.1, 0.15) is 0 Å². The Morgan fingerprint density at radius 1 is 1.60 bits per heavy atom. The Balaban J connectivity index is 2.72. The van der Waals surface area contributed by atoms with Crippen LogP contribution in [-0.2, 0) is 28.6 Å². The molecule has 1 aliphatic heterocycles. The van der Waals surface area contributed by atoms with Crippen LogP contribution < -0.4 is 0 Å². The highest BCUT2D eigenvalue weighted by Crippen LogP contribution is 2.20. The Bertz CT molecular complexity index is 308. The summed E-state index contributed by atoms with van der Waals surface area (Å²) in [5.74, 6) is -3.08. The van der Waals surface area contributed by atoms with Crippen molar-refractivity contribution in [1.82, 2.24) is 0 Å². The first kappa shape index (κ1) is 11.2. The summed E-state index contributed by atoms with van der Waals surface area (Å²) in [5.41, 5.74) is 0. The average Bonchev–Trinajstić information content (AvgIpc) is 2.59. The van der Waals surface area contributed by atoms with E-state index in [0.29, 0.717) is 0 Å². The molecule has 1 rings (SSSR count). The zero-order valence-electron chi connectivity index (χ0n) is 8.10. The molecule has 0 bridgehead atoms. The highest BCUT2D eigenvalue weighted by Gasteiger charge is 2.45. The molecule has 0 saturated carbocycles. The molecule has 0 radical (unpaired) electrons. The Morgan fingerprint density at radius 3 is 2.80 bits per heavy atom. The molecule has 0 aromatic carbocycles. The molecule has 0 amide bonds. The van der Waals surface area contributed by atoms with Gasteiger partial charge < -0.3 is 14.2 Å². The molecule has 15 heavy (non-hydrogen) atoms. The molecule has 1 heterocycles. The van der Waals surface area contributed by atoms with Crippen molar-refractivity contribution in [3.8, 4) is 0 Å². The van der Waals surface area contributed by atoms with E-state index in [4.69, 9.17) is 0 Å². The lowest BCUT2D eigenvalue weighted by Gasteiger charge is -2.12. The third-order valence-corrected chi connectivity index (χ3v) is 1.92. The fraction of sp³-hybridized carbons (Fsp3) is 0.444. The van der Waals surface area contributed by atoms with E-state index >= 15 is 0 Å². The van der Waals surface area contributed by atoms with E-state index in [1.54, 1.807) is 0 Å². The molecule has 0 aliphatic carbocycles. The lowest BCUT2D eigenvalue weighted by atomic mass is 10.1. The summed E-state index contributed by atoms with van der Waals surface area (Å²) >= 11 is 0. The third-order valence-electron chi connectivity index (χ3n) is 1.92. The van der Waals surface area contributed by atoms with E-state index in [-0.39, 0.29) is 6.61 Å². The lowest BCUT2D eigenvalue weighted by molar-refractivity contribution is -0.161. The summed E-state index contributed by atoms with van der Waals surface area (Å²) in [5, 5.41) is 0. The number of cyclic esters (lactones) is 1. The van der Waals surface area contributed by atoms with Crippen LogP contribution in [0, 0.1) is 5.92 Å². The van der Waals surface area contributed by atoms with Gasteiger partial charge in [0, 0.05) is 6.08 Å². The van der Waals surface area contributed by atoms with E-state index in [9.17, 15) is 14.4 Å². The number of methoxy groups -OCH3 is 1. The van der Waals surface area contributed by atoms with Crippen LogP contribution in [0.2, 0.25) is 0 Å². The predicted molar refractivity (Wildman–Crippen MR) is 46.5 cm³/mol. The molecular weight excluding hydrogens is 204 g/mol. The first-order valence-electron chi connectivity index (χ1n) is 4.17. The van der Waals surface area contributed by atoms with Crippen LogP contribution in [0.25, 0.3) is 0 Å². The van der Waals surface area contributed by atoms with Crippen molar-refractivity contribution in [2.24, 2.45) is 5.92 Å². The van der Waals surface area contributed by atoms with E-state index < -0.39 is 29.9 Å². The zero-order valence-corrected chi connectivity index (χ0v) is 8.10. The smallest absolute Gasteiger partial charge is 0.348 e. The molecule has 0 aromatic heterocycles. The minimum atomic E-state index is -1.23. The molecule has 6 heteroatoms. The van der Waals surface area contributed by atoms with Crippen molar-refractivity contribution in [1.29, 1.82) is 0 Å². The van der Waals surface area contributed by atoms with Gasteiger partial charge in [0.05, 0.1) is 7.11 Å². The van der Waals surface area contributed by atoms with Crippen molar-refractivity contribution < 1.29 is 28.6 Å². The molecule has 82 valence electrons. The number of rotatable bonds is 3. The molecule has 1 fully saturated rings. The van der Waals surface area contributed by atoms with Gasteiger partial charge in [0.25, 0.3) is 0 Å². The fourth-order valence-corrected chi connectivity index (χ4v) is 1.15. The quantitative estimate of drug-likeness (QED) is 0.355. The van der Waals surface area contributed by atoms with Crippen LogP contribution in [0.3, 0.4) is 0 Å². The Labute approximate surface area is 85.8 Å². The molecular formula is C9H10O6. The third kappa shape index (κ3) is 2.34. The molecule has 0 N–H and O–H groups in total. The summed E-state index contributed by atoms with van der Waals surface area (Å²) in [6, 6.07) is 0. The lowest BCUT2D eigenvalue weighted by Crippen LogP contribution is -2.33. The molecule has 2 unspecified atom stereocenters. The number of hydrogen-bond donors (Lipinski definition) is 0. The van der Waals surface area contributed by atoms with Gasteiger partial charge in [-0.3, -0.25) is 4.79 Å². The van der Waals surface area contributed by atoms with Gasteiger partial charge in [-0.15, -0.1) is 0 Å². The molecule has 6 nitrogen and oxygen atoms in total. The monoisotopic (exact) mass is 214 g/mol. The predicted octanol–water partition coefficient (Wildman–Crippen LogP) is -0.570. The maximum absolute atomic E-state index is 11.2. The van der Waals surface area contributed by atoms with Gasteiger partial charge in [-0.1, -0.05) is 6.58 Å². The topological polar surface area (TPSA) is 78.9 Å². The highest BCUT2D eigenvalue weighted by molar-refractivity contribution is 5.90. The second-order valence-corrected chi connectivity index (χ2v) is 2.82. The van der Waals surface area contributed by atoms with Gasteiger partial charge in [0.2, 0.25) is 6.10 Å². The largest absolute Gasteiger partial charge is 0.469 e. The van der Waals surface area contributed by atoms with Crippen molar-refractivity contribution >= 4 is 17.9 Å². The SMILES string of the molecule is C=CC(=O)OC1C(=O)OCC1C(=O)OC. The normalized spacial score (nSPS) is 24.2. The molecule has 0 aromatic rings. The van der Waals surface area contributed by atoms with E-state index in [1.165, 1.54) is 7.11 Å². The van der Waals surface area contributed by atoms with Crippen LogP contribution >= 0.6 is 0 Å². The maximum atomic E-state index is 11.2. The summed E-state index contributed by atoms with van der Waals surface area (Å²) in [7, 11) is 1.18. The fourth-order valence-electron chi connectivity index (χ4n) is 1.15.